The summed E-state index contributed by atoms with van der Waals surface area (Å²) >= 11 is 0. The number of nitrogens with two attached hydrogens (primary N) is 2. The van der Waals surface area contributed by atoms with E-state index < -0.39 is 0 Å². The number of rotatable bonds is 0. The Morgan fingerprint density at radius 3 is 2.48 bits per heavy atom. The summed E-state index contributed by atoms with van der Waals surface area (Å²) in [6.07, 6.45) is 3.24. The van der Waals surface area contributed by atoms with Crippen LogP contribution in [0.2, 0.25) is 0 Å². The van der Waals surface area contributed by atoms with Crippen LogP contribution in [0.15, 0.2) is 48.0 Å². The maximum absolute atomic E-state index is 6.28. The first-order chi connectivity index (χ1) is 11.9. The summed E-state index contributed by atoms with van der Waals surface area (Å²) in [4.78, 5) is 0. The van der Waals surface area contributed by atoms with Crippen molar-refractivity contribution in [1.82, 2.24) is 0 Å². The van der Waals surface area contributed by atoms with E-state index in [1.807, 2.05) is 6.07 Å². The van der Waals surface area contributed by atoms with Crippen LogP contribution >= 0.6 is 0 Å². The number of hydrogen-bond acceptors (Lipinski definition) is 2. The van der Waals surface area contributed by atoms with Gasteiger partial charge >= 0.3 is 0 Å². The smallest absolute Gasteiger partial charge is 0.0320 e. The Kier molecular flexibility index (Phi) is 2.91. The maximum atomic E-state index is 6.28. The molecular weight excluding hydrogens is 304 g/mol. The van der Waals surface area contributed by atoms with Crippen LogP contribution in [0, 0.1) is 0 Å². The Bertz CT molecular complexity index is 1070. The molecule has 0 heterocycles. The SMILES string of the molecule is CC1(C)C2=C(CCC(N)C2)c2cc3cc4cc(N)ccc4cc3cc21. The molecular formula is C23H24N2. The second kappa shape index (κ2) is 4.86. The molecule has 2 aliphatic rings. The highest BCUT2D eigenvalue weighted by Gasteiger charge is 2.39. The van der Waals surface area contributed by atoms with Gasteiger partial charge in [0, 0.05) is 17.1 Å². The van der Waals surface area contributed by atoms with Crippen molar-refractivity contribution < 1.29 is 0 Å². The van der Waals surface area contributed by atoms with Crippen molar-refractivity contribution in [2.75, 3.05) is 5.73 Å². The lowest BCUT2D eigenvalue weighted by Crippen LogP contribution is -2.28. The zero-order valence-corrected chi connectivity index (χ0v) is 14.9. The summed E-state index contributed by atoms with van der Waals surface area (Å²) < 4.78 is 0. The number of nitrogen functional groups attached to an aromatic ring is 1. The Morgan fingerprint density at radius 1 is 0.920 bits per heavy atom. The molecule has 2 aliphatic carbocycles. The molecule has 0 aromatic heterocycles. The normalized spacial score (nSPS) is 21.6. The van der Waals surface area contributed by atoms with Gasteiger partial charge in [-0.05, 0) is 93.9 Å². The van der Waals surface area contributed by atoms with Crippen LogP contribution in [0.1, 0.15) is 44.2 Å². The summed E-state index contributed by atoms with van der Waals surface area (Å²) in [5.74, 6) is 0. The molecule has 126 valence electrons. The molecule has 1 atom stereocenters. The first-order valence-corrected chi connectivity index (χ1v) is 9.19. The van der Waals surface area contributed by atoms with Crippen molar-refractivity contribution in [2.45, 2.75) is 44.6 Å². The Labute approximate surface area is 148 Å². The third-order valence-corrected chi connectivity index (χ3v) is 6.30. The molecule has 5 rings (SSSR count). The topological polar surface area (TPSA) is 52.0 Å². The highest BCUT2D eigenvalue weighted by molar-refractivity contribution is 6.01. The number of benzene rings is 3. The first-order valence-electron chi connectivity index (χ1n) is 9.19. The monoisotopic (exact) mass is 328 g/mol. The van der Waals surface area contributed by atoms with Gasteiger partial charge in [-0.1, -0.05) is 25.5 Å². The average molecular weight is 328 g/mol. The highest BCUT2D eigenvalue weighted by Crippen LogP contribution is 2.52. The van der Waals surface area contributed by atoms with Gasteiger partial charge in [0.2, 0.25) is 0 Å². The number of hydrogen-bond donors (Lipinski definition) is 2. The standard InChI is InChI=1S/C23H24N2/c1-23(2)21-11-16-7-13-3-4-17(24)9-14(13)8-15(16)10-20(21)19-6-5-18(25)12-22(19)23/h3-4,7-11,18H,5-6,12,24-25H2,1-2H3. The molecule has 1 unspecified atom stereocenters. The molecule has 0 fully saturated rings. The molecule has 0 saturated heterocycles. The lowest BCUT2D eigenvalue weighted by molar-refractivity contribution is 0.526. The van der Waals surface area contributed by atoms with Crippen LogP contribution in [0.25, 0.3) is 27.1 Å². The van der Waals surface area contributed by atoms with Crippen molar-refractivity contribution in [2.24, 2.45) is 5.73 Å². The molecule has 2 nitrogen and oxygen atoms in total. The summed E-state index contributed by atoms with van der Waals surface area (Å²) in [6, 6.07) is 15.9. The van der Waals surface area contributed by atoms with Crippen LogP contribution in [0.5, 0.6) is 0 Å². The van der Waals surface area contributed by atoms with Crippen LogP contribution in [0.4, 0.5) is 5.69 Å². The van der Waals surface area contributed by atoms with Gasteiger partial charge in [-0.15, -0.1) is 0 Å². The second-order valence-electron chi connectivity index (χ2n) is 8.29. The zero-order chi connectivity index (χ0) is 17.3. The van der Waals surface area contributed by atoms with Crippen LogP contribution < -0.4 is 11.5 Å². The quantitative estimate of drug-likeness (QED) is 0.444. The molecule has 25 heavy (non-hydrogen) atoms. The fourth-order valence-electron chi connectivity index (χ4n) is 4.89. The van der Waals surface area contributed by atoms with E-state index in [0.29, 0.717) is 6.04 Å². The molecule has 0 aliphatic heterocycles. The van der Waals surface area contributed by atoms with E-state index in [-0.39, 0.29) is 5.41 Å². The highest BCUT2D eigenvalue weighted by atomic mass is 14.6. The predicted octanol–water partition coefficient (Wildman–Crippen LogP) is 5.13. The van der Waals surface area contributed by atoms with Crippen molar-refractivity contribution in [3.8, 4) is 0 Å². The summed E-state index contributed by atoms with van der Waals surface area (Å²) in [5.41, 5.74) is 19.2. The maximum Gasteiger partial charge on any atom is 0.0320 e. The molecule has 0 bridgehead atoms. The molecule has 4 N–H and O–H groups in total. The Hall–Kier alpha value is -2.32. The zero-order valence-electron chi connectivity index (χ0n) is 14.9. The van der Waals surface area contributed by atoms with E-state index in [2.05, 4.69) is 50.2 Å². The summed E-state index contributed by atoms with van der Waals surface area (Å²) in [5, 5.41) is 5.08. The molecule has 3 aromatic rings. The molecule has 2 heteroatoms. The third-order valence-electron chi connectivity index (χ3n) is 6.30. The van der Waals surface area contributed by atoms with E-state index in [1.165, 1.54) is 32.7 Å². The summed E-state index contributed by atoms with van der Waals surface area (Å²) in [6.45, 7) is 4.72. The predicted molar refractivity (Wildman–Crippen MR) is 108 cm³/mol. The van der Waals surface area contributed by atoms with E-state index in [4.69, 9.17) is 11.5 Å². The van der Waals surface area contributed by atoms with Crippen LogP contribution in [0.3, 0.4) is 0 Å². The molecule has 0 radical (unpaired) electrons. The third kappa shape index (κ3) is 2.07. The fraction of sp³-hybridized carbons (Fsp3) is 0.304. The van der Waals surface area contributed by atoms with E-state index in [0.717, 1.165) is 24.9 Å². The van der Waals surface area contributed by atoms with Gasteiger partial charge in [0.25, 0.3) is 0 Å². The first kappa shape index (κ1) is 15.0. The minimum absolute atomic E-state index is 0.0902. The Morgan fingerprint density at radius 2 is 1.64 bits per heavy atom. The van der Waals surface area contributed by atoms with Gasteiger partial charge < -0.3 is 11.5 Å². The van der Waals surface area contributed by atoms with Gasteiger partial charge in [0.05, 0.1) is 0 Å². The van der Waals surface area contributed by atoms with Crippen molar-refractivity contribution in [3.05, 3.63) is 59.2 Å². The molecule has 3 aromatic carbocycles. The van der Waals surface area contributed by atoms with Crippen LogP contribution in [-0.2, 0) is 5.41 Å². The van der Waals surface area contributed by atoms with Gasteiger partial charge in [-0.3, -0.25) is 0 Å². The van der Waals surface area contributed by atoms with E-state index >= 15 is 0 Å². The van der Waals surface area contributed by atoms with Crippen LogP contribution in [-0.4, -0.2) is 6.04 Å². The summed E-state index contributed by atoms with van der Waals surface area (Å²) in [7, 11) is 0. The fourth-order valence-corrected chi connectivity index (χ4v) is 4.89. The van der Waals surface area contributed by atoms with Crippen molar-refractivity contribution >= 4 is 32.8 Å². The second-order valence-corrected chi connectivity index (χ2v) is 8.29. The van der Waals surface area contributed by atoms with E-state index in [1.54, 1.807) is 11.1 Å². The average Bonchev–Trinajstić information content (AvgIpc) is 2.78. The van der Waals surface area contributed by atoms with Gasteiger partial charge in [-0.25, -0.2) is 0 Å². The number of allylic oxidation sites excluding steroid dienone is 1. The van der Waals surface area contributed by atoms with Gasteiger partial charge in [0.15, 0.2) is 0 Å². The number of fused-ring (bicyclic) bond motifs is 4. The minimum atomic E-state index is 0.0902. The molecule has 0 amide bonds. The lowest BCUT2D eigenvalue weighted by atomic mass is 9.76. The Balaban J connectivity index is 1.79. The largest absolute Gasteiger partial charge is 0.399 e. The molecule has 0 spiro atoms. The van der Waals surface area contributed by atoms with E-state index in [9.17, 15) is 0 Å². The van der Waals surface area contributed by atoms with Gasteiger partial charge in [-0.2, -0.15) is 0 Å². The van der Waals surface area contributed by atoms with Crippen molar-refractivity contribution in [3.63, 3.8) is 0 Å². The number of anilines is 1. The minimum Gasteiger partial charge on any atom is -0.399 e. The van der Waals surface area contributed by atoms with Gasteiger partial charge in [0.1, 0.15) is 0 Å². The molecule has 0 saturated carbocycles. The lowest BCUT2D eigenvalue weighted by Gasteiger charge is -2.29. The van der Waals surface area contributed by atoms with Crippen molar-refractivity contribution in [1.29, 1.82) is 0 Å².